The summed E-state index contributed by atoms with van der Waals surface area (Å²) in [7, 11) is 1.67. The third-order valence-electron chi connectivity index (χ3n) is 3.11. The van der Waals surface area contributed by atoms with E-state index in [1.165, 1.54) is 0 Å². The van der Waals surface area contributed by atoms with Crippen LogP contribution in [0.3, 0.4) is 0 Å². The Morgan fingerprint density at radius 3 is 2.52 bits per heavy atom. The fraction of sp³-hybridized carbons (Fsp3) is 0.222. The highest BCUT2D eigenvalue weighted by atomic mass is 35.5. The van der Waals surface area contributed by atoms with E-state index < -0.39 is 0 Å². The molecule has 0 aromatic heterocycles. The van der Waals surface area contributed by atoms with Crippen molar-refractivity contribution in [1.82, 2.24) is 0 Å². The van der Waals surface area contributed by atoms with Crippen molar-refractivity contribution in [2.45, 2.75) is 19.8 Å². The van der Waals surface area contributed by atoms with Gasteiger partial charge in [0, 0.05) is 5.02 Å². The molecule has 21 heavy (non-hydrogen) atoms. The largest absolute Gasteiger partial charge is 0.493 e. The minimum atomic E-state index is 0.724. The zero-order valence-corrected chi connectivity index (χ0v) is 13.1. The van der Waals surface area contributed by atoms with Crippen molar-refractivity contribution in [3.05, 3.63) is 64.9 Å². The molecule has 0 atom stereocenters. The first-order valence-corrected chi connectivity index (χ1v) is 7.37. The monoisotopic (exact) mass is 302 g/mol. The van der Waals surface area contributed by atoms with Crippen LogP contribution in [-0.2, 0) is 6.42 Å². The lowest BCUT2D eigenvalue weighted by atomic mass is 10.1. The van der Waals surface area contributed by atoms with Crippen LogP contribution in [0.5, 0.6) is 11.5 Å². The third-order valence-corrected chi connectivity index (χ3v) is 3.36. The van der Waals surface area contributed by atoms with Crippen molar-refractivity contribution in [2.24, 2.45) is 0 Å². The molecule has 0 fully saturated rings. The zero-order chi connectivity index (χ0) is 15.1. The van der Waals surface area contributed by atoms with Gasteiger partial charge < -0.3 is 9.47 Å². The number of methoxy groups -OCH3 is 1. The summed E-state index contributed by atoms with van der Waals surface area (Å²) in [4.78, 5) is 0. The molecule has 3 heteroatoms. The standard InChI is InChI=1S/C18H19ClO2/c1-3-5-15-6-4-7-17(18(15)20-2)21-13-12-14-8-10-16(19)11-9-14/h4,6-13H,3,5H2,1-2H3. The number of hydrogen-bond acceptors (Lipinski definition) is 2. The minimum Gasteiger partial charge on any atom is -0.493 e. The number of ether oxygens (including phenoxy) is 2. The van der Waals surface area contributed by atoms with Gasteiger partial charge in [-0.05, 0) is 41.8 Å². The molecule has 0 aliphatic rings. The molecule has 0 saturated heterocycles. The van der Waals surface area contributed by atoms with Gasteiger partial charge in [0.25, 0.3) is 0 Å². The molecule has 0 bridgehead atoms. The summed E-state index contributed by atoms with van der Waals surface area (Å²) in [6, 6.07) is 13.5. The molecule has 110 valence electrons. The quantitative estimate of drug-likeness (QED) is 0.670. The molecular formula is C18H19ClO2. The molecular weight excluding hydrogens is 284 g/mol. The maximum Gasteiger partial charge on any atom is 0.168 e. The molecule has 2 aromatic carbocycles. The Morgan fingerprint density at radius 1 is 1.10 bits per heavy atom. The van der Waals surface area contributed by atoms with Crippen LogP contribution in [0.25, 0.3) is 6.08 Å². The average Bonchev–Trinajstić information content (AvgIpc) is 2.50. The Bertz CT molecular complexity index is 603. The maximum atomic E-state index is 5.86. The van der Waals surface area contributed by atoms with Crippen molar-refractivity contribution < 1.29 is 9.47 Å². The molecule has 0 aliphatic heterocycles. The number of rotatable bonds is 6. The van der Waals surface area contributed by atoms with Crippen LogP contribution in [-0.4, -0.2) is 7.11 Å². The second kappa shape index (κ2) is 7.75. The van der Waals surface area contributed by atoms with Crippen LogP contribution in [0, 0.1) is 0 Å². The van der Waals surface area contributed by atoms with Crippen LogP contribution in [0.2, 0.25) is 5.02 Å². The van der Waals surface area contributed by atoms with Crippen LogP contribution in [0.15, 0.2) is 48.7 Å². The molecule has 0 radical (unpaired) electrons. The first-order valence-electron chi connectivity index (χ1n) is 6.99. The summed E-state index contributed by atoms with van der Waals surface area (Å²) in [5.74, 6) is 1.54. The van der Waals surface area contributed by atoms with Crippen LogP contribution in [0.1, 0.15) is 24.5 Å². The Labute approximate surface area is 131 Å². The van der Waals surface area contributed by atoms with Crippen molar-refractivity contribution in [3.8, 4) is 11.5 Å². The molecule has 2 rings (SSSR count). The first-order chi connectivity index (χ1) is 10.2. The number of hydrogen-bond donors (Lipinski definition) is 0. The fourth-order valence-electron chi connectivity index (χ4n) is 2.11. The molecule has 0 aliphatic carbocycles. The maximum absolute atomic E-state index is 5.86. The lowest BCUT2D eigenvalue weighted by Crippen LogP contribution is -1.95. The molecule has 0 saturated carbocycles. The van der Waals surface area contributed by atoms with Gasteiger partial charge in [-0.3, -0.25) is 0 Å². The molecule has 0 heterocycles. The van der Waals surface area contributed by atoms with Crippen molar-refractivity contribution in [2.75, 3.05) is 7.11 Å². The second-order valence-corrected chi connectivity index (χ2v) is 5.11. The van der Waals surface area contributed by atoms with Gasteiger partial charge in [-0.15, -0.1) is 0 Å². The van der Waals surface area contributed by atoms with E-state index in [1.807, 2.05) is 42.5 Å². The van der Waals surface area contributed by atoms with Gasteiger partial charge in [-0.25, -0.2) is 0 Å². The third kappa shape index (κ3) is 4.27. The van der Waals surface area contributed by atoms with Gasteiger partial charge >= 0.3 is 0 Å². The van der Waals surface area contributed by atoms with Crippen molar-refractivity contribution >= 4 is 17.7 Å². The van der Waals surface area contributed by atoms with Crippen molar-refractivity contribution in [1.29, 1.82) is 0 Å². The normalized spacial score (nSPS) is 10.8. The smallest absolute Gasteiger partial charge is 0.168 e. The number of halogens is 1. The van der Waals surface area contributed by atoms with E-state index >= 15 is 0 Å². The first kappa shape index (κ1) is 15.5. The molecule has 2 nitrogen and oxygen atoms in total. The summed E-state index contributed by atoms with van der Waals surface area (Å²) >= 11 is 5.86. The average molecular weight is 303 g/mol. The summed E-state index contributed by atoms with van der Waals surface area (Å²) in [6.07, 6.45) is 5.60. The lowest BCUT2D eigenvalue weighted by Gasteiger charge is -2.11. The molecule has 0 spiro atoms. The molecule has 0 unspecified atom stereocenters. The van der Waals surface area contributed by atoms with E-state index in [9.17, 15) is 0 Å². The number of aryl methyl sites for hydroxylation is 1. The molecule has 2 aromatic rings. The Morgan fingerprint density at radius 2 is 1.86 bits per heavy atom. The fourth-order valence-corrected chi connectivity index (χ4v) is 2.24. The van der Waals surface area contributed by atoms with E-state index in [4.69, 9.17) is 21.1 Å². The highest BCUT2D eigenvalue weighted by Gasteiger charge is 2.08. The number of para-hydroxylation sites is 1. The second-order valence-electron chi connectivity index (χ2n) is 4.67. The highest BCUT2D eigenvalue weighted by Crippen LogP contribution is 2.32. The molecule has 0 N–H and O–H groups in total. The van der Waals surface area contributed by atoms with E-state index in [-0.39, 0.29) is 0 Å². The summed E-state index contributed by atoms with van der Waals surface area (Å²) in [6.45, 7) is 2.15. The lowest BCUT2D eigenvalue weighted by molar-refractivity contribution is 0.374. The van der Waals surface area contributed by atoms with Gasteiger partial charge in [0.1, 0.15) is 0 Å². The van der Waals surface area contributed by atoms with Gasteiger partial charge in [-0.2, -0.15) is 0 Å². The van der Waals surface area contributed by atoms with Crippen LogP contribution in [0.4, 0.5) is 0 Å². The van der Waals surface area contributed by atoms with E-state index in [0.717, 1.165) is 40.5 Å². The Kier molecular flexibility index (Phi) is 5.70. The van der Waals surface area contributed by atoms with Crippen LogP contribution < -0.4 is 9.47 Å². The summed E-state index contributed by atoms with van der Waals surface area (Å²) in [5, 5.41) is 0.724. The zero-order valence-electron chi connectivity index (χ0n) is 12.3. The molecule has 0 amide bonds. The van der Waals surface area contributed by atoms with E-state index in [1.54, 1.807) is 13.4 Å². The predicted octanol–water partition coefficient (Wildman–Crippen LogP) is 5.35. The number of benzene rings is 2. The topological polar surface area (TPSA) is 18.5 Å². The SMILES string of the molecule is CCCc1cccc(OC=Cc2ccc(Cl)cc2)c1OC. The predicted molar refractivity (Wildman–Crippen MR) is 88.1 cm³/mol. The van der Waals surface area contributed by atoms with Gasteiger partial charge in [0.15, 0.2) is 11.5 Å². The van der Waals surface area contributed by atoms with Gasteiger partial charge in [0.2, 0.25) is 0 Å². The van der Waals surface area contributed by atoms with Crippen molar-refractivity contribution in [3.63, 3.8) is 0 Å². The Balaban J connectivity index is 2.12. The minimum absolute atomic E-state index is 0.724. The summed E-state index contributed by atoms with van der Waals surface area (Å²) in [5.41, 5.74) is 2.19. The van der Waals surface area contributed by atoms with Gasteiger partial charge in [-0.1, -0.05) is 49.2 Å². The highest BCUT2D eigenvalue weighted by molar-refractivity contribution is 6.30. The van der Waals surface area contributed by atoms with Crippen LogP contribution >= 0.6 is 11.6 Å². The Hall–Kier alpha value is -1.93. The van der Waals surface area contributed by atoms with E-state index in [2.05, 4.69) is 13.0 Å². The van der Waals surface area contributed by atoms with Gasteiger partial charge in [0.05, 0.1) is 13.4 Å². The summed E-state index contributed by atoms with van der Waals surface area (Å²) < 4.78 is 11.2. The van der Waals surface area contributed by atoms with E-state index in [0.29, 0.717) is 0 Å².